The van der Waals surface area contributed by atoms with Crippen LogP contribution in [-0.2, 0) is 6.54 Å². The summed E-state index contributed by atoms with van der Waals surface area (Å²) in [4.78, 5) is 0. The fourth-order valence-corrected chi connectivity index (χ4v) is 1.70. The standard InChI is InChI=1S/C15H19NO2/c1-3-8-18-15-10-12(2)6-7-14(15)16-11-13-5-4-9-17-13/h4-7,9-10,16H,3,8,11H2,1-2H3. The summed E-state index contributed by atoms with van der Waals surface area (Å²) in [6.45, 7) is 5.57. The fourth-order valence-electron chi connectivity index (χ4n) is 1.70. The van der Waals surface area contributed by atoms with Crippen molar-refractivity contribution in [3.05, 3.63) is 47.9 Å². The van der Waals surface area contributed by atoms with Gasteiger partial charge < -0.3 is 14.5 Å². The Morgan fingerprint density at radius 1 is 1.28 bits per heavy atom. The minimum Gasteiger partial charge on any atom is -0.491 e. The lowest BCUT2D eigenvalue weighted by Gasteiger charge is -2.13. The third-order valence-corrected chi connectivity index (χ3v) is 2.63. The fraction of sp³-hybridized carbons (Fsp3) is 0.333. The average Bonchev–Trinajstić information content (AvgIpc) is 2.88. The van der Waals surface area contributed by atoms with Gasteiger partial charge in [0.2, 0.25) is 0 Å². The van der Waals surface area contributed by atoms with E-state index in [-0.39, 0.29) is 0 Å². The molecule has 0 aliphatic carbocycles. The molecule has 0 aliphatic heterocycles. The molecule has 0 radical (unpaired) electrons. The van der Waals surface area contributed by atoms with Crippen LogP contribution >= 0.6 is 0 Å². The van der Waals surface area contributed by atoms with Crippen LogP contribution in [0.2, 0.25) is 0 Å². The zero-order valence-electron chi connectivity index (χ0n) is 10.9. The molecular formula is C15H19NO2. The molecule has 0 saturated heterocycles. The molecule has 1 aromatic heterocycles. The molecule has 3 nitrogen and oxygen atoms in total. The number of hydrogen-bond acceptors (Lipinski definition) is 3. The molecule has 1 N–H and O–H groups in total. The van der Waals surface area contributed by atoms with Gasteiger partial charge in [-0.2, -0.15) is 0 Å². The van der Waals surface area contributed by atoms with Gasteiger partial charge >= 0.3 is 0 Å². The summed E-state index contributed by atoms with van der Waals surface area (Å²) in [7, 11) is 0. The molecule has 0 saturated carbocycles. The van der Waals surface area contributed by atoms with Crippen molar-refractivity contribution in [1.82, 2.24) is 0 Å². The van der Waals surface area contributed by atoms with E-state index in [1.807, 2.05) is 18.2 Å². The third kappa shape index (κ3) is 3.29. The summed E-state index contributed by atoms with van der Waals surface area (Å²) in [5.41, 5.74) is 2.20. The number of nitrogens with one attached hydrogen (secondary N) is 1. The first kappa shape index (κ1) is 12.6. The van der Waals surface area contributed by atoms with Gasteiger partial charge in [-0.1, -0.05) is 13.0 Å². The van der Waals surface area contributed by atoms with Crippen molar-refractivity contribution in [2.45, 2.75) is 26.8 Å². The van der Waals surface area contributed by atoms with Crippen molar-refractivity contribution in [3.63, 3.8) is 0 Å². The predicted molar refractivity (Wildman–Crippen MR) is 73.0 cm³/mol. The summed E-state index contributed by atoms with van der Waals surface area (Å²) in [5, 5.41) is 3.33. The van der Waals surface area contributed by atoms with Crippen LogP contribution in [0.4, 0.5) is 5.69 Å². The van der Waals surface area contributed by atoms with Crippen LogP contribution < -0.4 is 10.1 Å². The number of aryl methyl sites for hydroxylation is 1. The molecule has 0 unspecified atom stereocenters. The molecule has 2 aromatic rings. The molecule has 2 rings (SSSR count). The molecule has 0 atom stereocenters. The Balaban J connectivity index is 2.05. The van der Waals surface area contributed by atoms with Gasteiger partial charge in [-0.25, -0.2) is 0 Å². The van der Waals surface area contributed by atoms with E-state index in [2.05, 4.69) is 31.3 Å². The lowest BCUT2D eigenvalue weighted by molar-refractivity contribution is 0.318. The zero-order chi connectivity index (χ0) is 12.8. The minimum atomic E-state index is 0.665. The number of rotatable bonds is 6. The predicted octanol–water partition coefficient (Wildman–Crippen LogP) is 3.99. The highest BCUT2D eigenvalue weighted by molar-refractivity contribution is 5.57. The Hall–Kier alpha value is -1.90. The number of hydrogen-bond donors (Lipinski definition) is 1. The summed E-state index contributed by atoms with van der Waals surface area (Å²) >= 11 is 0. The summed E-state index contributed by atoms with van der Waals surface area (Å²) < 4.78 is 11.0. The maximum absolute atomic E-state index is 5.74. The monoisotopic (exact) mass is 245 g/mol. The van der Waals surface area contributed by atoms with Gasteiger partial charge in [-0.15, -0.1) is 0 Å². The molecule has 0 aliphatic rings. The van der Waals surface area contributed by atoms with E-state index in [9.17, 15) is 0 Å². The highest BCUT2D eigenvalue weighted by Gasteiger charge is 2.04. The van der Waals surface area contributed by atoms with Gasteiger partial charge in [0.15, 0.2) is 0 Å². The molecule has 0 spiro atoms. The Kier molecular flexibility index (Phi) is 4.29. The van der Waals surface area contributed by atoms with E-state index in [4.69, 9.17) is 9.15 Å². The van der Waals surface area contributed by atoms with Gasteiger partial charge in [0, 0.05) is 0 Å². The maximum Gasteiger partial charge on any atom is 0.142 e. The molecule has 3 heteroatoms. The van der Waals surface area contributed by atoms with Crippen molar-refractivity contribution in [1.29, 1.82) is 0 Å². The Bertz CT molecular complexity index is 477. The van der Waals surface area contributed by atoms with Crippen molar-refractivity contribution in [2.75, 3.05) is 11.9 Å². The summed E-state index contributed by atoms with van der Waals surface area (Å²) in [5.74, 6) is 1.82. The zero-order valence-corrected chi connectivity index (χ0v) is 10.9. The SMILES string of the molecule is CCCOc1cc(C)ccc1NCc1ccco1. The van der Waals surface area contributed by atoms with Crippen LogP contribution in [0.25, 0.3) is 0 Å². The van der Waals surface area contributed by atoms with Gasteiger partial charge in [0.25, 0.3) is 0 Å². The van der Waals surface area contributed by atoms with Crippen LogP contribution in [0.3, 0.4) is 0 Å². The molecule has 18 heavy (non-hydrogen) atoms. The number of benzene rings is 1. The molecule has 1 aromatic carbocycles. The van der Waals surface area contributed by atoms with Gasteiger partial charge in [-0.05, 0) is 43.2 Å². The molecule has 96 valence electrons. The molecule has 0 bridgehead atoms. The quantitative estimate of drug-likeness (QED) is 0.835. The summed E-state index contributed by atoms with van der Waals surface area (Å²) in [6, 6.07) is 10.0. The highest BCUT2D eigenvalue weighted by atomic mass is 16.5. The second-order valence-electron chi connectivity index (χ2n) is 4.28. The minimum absolute atomic E-state index is 0.665. The van der Waals surface area contributed by atoms with E-state index < -0.39 is 0 Å². The molecule has 1 heterocycles. The normalized spacial score (nSPS) is 10.3. The first-order chi connectivity index (χ1) is 8.79. The third-order valence-electron chi connectivity index (χ3n) is 2.63. The second-order valence-corrected chi connectivity index (χ2v) is 4.28. The topological polar surface area (TPSA) is 34.4 Å². The van der Waals surface area contributed by atoms with Crippen molar-refractivity contribution < 1.29 is 9.15 Å². The van der Waals surface area contributed by atoms with E-state index in [1.54, 1.807) is 6.26 Å². The lowest BCUT2D eigenvalue weighted by atomic mass is 10.2. The van der Waals surface area contributed by atoms with Crippen molar-refractivity contribution in [3.8, 4) is 5.75 Å². The first-order valence-electron chi connectivity index (χ1n) is 6.29. The van der Waals surface area contributed by atoms with Gasteiger partial charge in [0.05, 0.1) is 25.1 Å². The van der Waals surface area contributed by atoms with Crippen molar-refractivity contribution in [2.24, 2.45) is 0 Å². The largest absolute Gasteiger partial charge is 0.491 e. The van der Waals surface area contributed by atoms with Crippen molar-refractivity contribution >= 4 is 5.69 Å². The number of furan rings is 1. The van der Waals surface area contributed by atoms with E-state index in [1.165, 1.54) is 5.56 Å². The Labute approximate surface area is 108 Å². The van der Waals surface area contributed by atoms with Gasteiger partial charge in [0.1, 0.15) is 11.5 Å². The number of anilines is 1. The first-order valence-corrected chi connectivity index (χ1v) is 6.29. The maximum atomic E-state index is 5.74. The average molecular weight is 245 g/mol. The number of ether oxygens (including phenoxy) is 1. The van der Waals surface area contributed by atoms with E-state index >= 15 is 0 Å². The molecule has 0 fully saturated rings. The van der Waals surface area contributed by atoms with Crippen LogP contribution in [0.15, 0.2) is 41.0 Å². The van der Waals surface area contributed by atoms with Crippen LogP contribution in [0.1, 0.15) is 24.7 Å². The van der Waals surface area contributed by atoms with Gasteiger partial charge in [-0.3, -0.25) is 0 Å². The van der Waals surface area contributed by atoms with Crippen LogP contribution in [-0.4, -0.2) is 6.61 Å². The van der Waals surface area contributed by atoms with Crippen LogP contribution in [0, 0.1) is 6.92 Å². The Morgan fingerprint density at radius 3 is 2.89 bits per heavy atom. The second kappa shape index (κ2) is 6.15. The van der Waals surface area contributed by atoms with E-state index in [0.29, 0.717) is 6.54 Å². The smallest absolute Gasteiger partial charge is 0.142 e. The molecule has 0 amide bonds. The Morgan fingerprint density at radius 2 is 2.17 bits per heavy atom. The lowest BCUT2D eigenvalue weighted by Crippen LogP contribution is -2.03. The summed E-state index contributed by atoms with van der Waals surface area (Å²) in [6.07, 6.45) is 2.69. The highest BCUT2D eigenvalue weighted by Crippen LogP contribution is 2.26. The van der Waals surface area contributed by atoms with Crippen LogP contribution in [0.5, 0.6) is 5.75 Å². The molecular weight excluding hydrogens is 226 g/mol. The van der Waals surface area contributed by atoms with E-state index in [0.717, 1.165) is 30.2 Å².